The van der Waals surface area contributed by atoms with Crippen molar-refractivity contribution in [3.05, 3.63) is 12.2 Å². The van der Waals surface area contributed by atoms with Crippen LogP contribution in [0.25, 0.3) is 0 Å². The summed E-state index contributed by atoms with van der Waals surface area (Å²) in [5, 5.41) is 11.1. The summed E-state index contributed by atoms with van der Waals surface area (Å²) in [6.07, 6.45) is -3.62. The van der Waals surface area contributed by atoms with Gasteiger partial charge in [-0.05, 0) is 24.3 Å². The Labute approximate surface area is 204 Å². The van der Waals surface area contributed by atoms with E-state index in [-0.39, 0.29) is 24.5 Å². The maximum atomic E-state index is 14.3. The number of carbonyl (C=O) groups is 5. The van der Waals surface area contributed by atoms with Gasteiger partial charge < -0.3 is 19.3 Å². The summed E-state index contributed by atoms with van der Waals surface area (Å²) in [4.78, 5) is 64.8. The van der Waals surface area contributed by atoms with Crippen LogP contribution in [0.4, 0.5) is 0 Å². The number of carbonyl (C=O) groups excluding carboxylic acids is 5. The lowest BCUT2D eigenvalue weighted by Gasteiger charge is -2.66. The zero-order valence-electron chi connectivity index (χ0n) is 21.1. The summed E-state index contributed by atoms with van der Waals surface area (Å²) in [7, 11) is 0. The molecule has 0 aliphatic heterocycles. The fourth-order valence-corrected chi connectivity index (χ4v) is 8.13. The molecule has 4 saturated carbocycles. The summed E-state index contributed by atoms with van der Waals surface area (Å²) in [6.45, 7) is 12.9. The first-order chi connectivity index (χ1) is 16.1. The van der Waals surface area contributed by atoms with Gasteiger partial charge in [-0.2, -0.15) is 0 Å². The van der Waals surface area contributed by atoms with Crippen molar-refractivity contribution < 1.29 is 43.3 Å². The van der Waals surface area contributed by atoms with Gasteiger partial charge in [-0.1, -0.05) is 27.4 Å². The molecular weight excluding hydrogens is 456 g/mol. The van der Waals surface area contributed by atoms with E-state index < -0.39 is 76.2 Å². The average Bonchev–Trinajstić information content (AvgIpc) is 2.90. The first kappa shape index (κ1) is 25.5. The molecule has 4 fully saturated rings. The van der Waals surface area contributed by atoms with Crippen molar-refractivity contribution in [2.45, 2.75) is 85.2 Å². The van der Waals surface area contributed by atoms with Gasteiger partial charge in [0, 0.05) is 49.9 Å². The number of Topliss-reactive ketones (excluding diaryl/α,β-unsaturated/α-hetero) is 2. The Kier molecular flexibility index (Phi) is 5.82. The van der Waals surface area contributed by atoms with Gasteiger partial charge in [0.1, 0.15) is 12.2 Å². The van der Waals surface area contributed by atoms with Crippen LogP contribution in [0.2, 0.25) is 0 Å². The molecule has 4 aliphatic rings. The van der Waals surface area contributed by atoms with Crippen LogP contribution in [0.1, 0.15) is 60.8 Å². The minimum atomic E-state index is -1.51. The van der Waals surface area contributed by atoms with Crippen LogP contribution in [0, 0.1) is 34.0 Å². The molecule has 0 heterocycles. The molecule has 0 unspecified atom stereocenters. The summed E-state index contributed by atoms with van der Waals surface area (Å²) in [5.41, 5.74) is -3.41. The van der Waals surface area contributed by atoms with Crippen LogP contribution in [0.3, 0.4) is 0 Å². The zero-order chi connectivity index (χ0) is 26.2. The quantitative estimate of drug-likeness (QED) is 0.358. The topological polar surface area (TPSA) is 133 Å². The van der Waals surface area contributed by atoms with Crippen LogP contribution < -0.4 is 0 Å². The summed E-state index contributed by atoms with van der Waals surface area (Å²) >= 11 is 0. The number of rotatable bonds is 3. The van der Waals surface area contributed by atoms with Gasteiger partial charge in [-0.3, -0.25) is 24.0 Å². The van der Waals surface area contributed by atoms with E-state index in [0.717, 1.165) is 0 Å². The molecule has 9 heteroatoms. The van der Waals surface area contributed by atoms with Crippen molar-refractivity contribution in [2.24, 2.45) is 34.0 Å². The number of fused-ring (bicyclic) bond motifs is 3. The van der Waals surface area contributed by atoms with Gasteiger partial charge in [-0.15, -0.1) is 0 Å². The van der Waals surface area contributed by atoms with E-state index in [2.05, 4.69) is 6.58 Å². The van der Waals surface area contributed by atoms with Crippen molar-refractivity contribution in [1.29, 1.82) is 0 Å². The molecule has 0 aromatic heterocycles. The van der Waals surface area contributed by atoms with Crippen LogP contribution in [0.5, 0.6) is 0 Å². The third kappa shape index (κ3) is 3.33. The smallest absolute Gasteiger partial charge is 0.303 e. The first-order valence-corrected chi connectivity index (χ1v) is 12.1. The van der Waals surface area contributed by atoms with Gasteiger partial charge in [0.2, 0.25) is 0 Å². The molecule has 0 amide bonds. The van der Waals surface area contributed by atoms with Gasteiger partial charge in [-0.25, -0.2) is 0 Å². The number of hydrogen-bond donors (Lipinski definition) is 1. The lowest BCUT2D eigenvalue weighted by atomic mass is 9.38. The number of aliphatic hydroxyl groups is 1. The molecule has 9 nitrogen and oxygen atoms in total. The Morgan fingerprint density at radius 2 is 1.51 bits per heavy atom. The highest BCUT2D eigenvalue weighted by atomic mass is 16.6. The van der Waals surface area contributed by atoms with Crippen molar-refractivity contribution in [3.63, 3.8) is 0 Å². The molecule has 9 atom stereocenters. The Morgan fingerprint density at radius 3 is 2.06 bits per heavy atom. The predicted octanol–water partition coefficient (Wildman–Crippen LogP) is 1.93. The van der Waals surface area contributed by atoms with Crippen LogP contribution >= 0.6 is 0 Å². The number of esters is 3. The molecule has 192 valence electrons. The normalized spacial score (nSPS) is 43.6. The van der Waals surface area contributed by atoms with Gasteiger partial charge in [0.15, 0.2) is 17.7 Å². The molecule has 0 radical (unpaired) electrons. The highest BCUT2D eigenvalue weighted by Crippen LogP contribution is 2.71. The van der Waals surface area contributed by atoms with E-state index in [0.29, 0.717) is 12.0 Å². The van der Waals surface area contributed by atoms with E-state index >= 15 is 0 Å². The standard InChI is InChI=1S/C26H34O9/c1-11-15-8-16(33-12(2)27)20-25(7)18(34-13(3)28)9-17(30)24(5,6)21(25)19(31)23(35-14(4)29)26(20,10-15)22(11)32/h15-18,20-21,23,30H,1,8-10H2,2-7H3/t15-,16+,17+,18+,20-,21+,23+,25-,26-/m1/s1. The SMILES string of the molecule is C=C1C(=O)[C@@]23C[C@H]1C[C@H](OC(C)=O)[C@@H]2[C@@]1(C)[C@@H](OC(C)=O)C[C@H](O)C(C)(C)[C@@H]1C(=O)[C@@H]3OC(C)=O. The largest absolute Gasteiger partial charge is 0.462 e. The maximum Gasteiger partial charge on any atom is 0.303 e. The molecule has 4 rings (SSSR count). The minimum Gasteiger partial charge on any atom is -0.462 e. The van der Waals surface area contributed by atoms with Crippen molar-refractivity contribution in [1.82, 2.24) is 0 Å². The van der Waals surface area contributed by atoms with Crippen LogP contribution in [-0.2, 0) is 38.2 Å². The monoisotopic (exact) mass is 490 g/mol. The van der Waals surface area contributed by atoms with Crippen molar-refractivity contribution in [3.8, 4) is 0 Å². The fraction of sp³-hybridized carbons (Fsp3) is 0.731. The Bertz CT molecular complexity index is 1030. The second-order valence-corrected chi connectivity index (χ2v) is 11.5. The van der Waals surface area contributed by atoms with E-state index in [1.807, 2.05) is 0 Å². The van der Waals surface area contributed by atoms with E-state index in [4.69, 9.17) is 14.2 Å². The molecule has 1 spiro atoms. The number of aliphatic hydroxyl groups excluding tert-OH is 1. The molecule has 0 saturated heterocycles. The third-order valence-corrected chi connectivity index (χ3v) is 9.18. The highest BCUT2D eigenvalue weighted by molar-refractivity contribution is 6.08. The Hall–Kier alpha value is -2.55. The number of ketones is 2. The molecule has 4 aliphatic carbocycles. The molecular formula is C26H34O9. The summed E-state index contributed by atoms with van der Waals surface area (Å²) in [6, 6.07) is 0. The number of hydrogen-bond acceptors (Lipinski definition) is 9. The summed E-state index contributed by atoms with van der Waals surface area (Å²) < 4.78 is 17.1. The first-order valence-electron chi connectivity index (χ1n) is 12.1. The maximum absolute atomic E-state index is 14.3. The fourth-order valence-electron chi connectivity index (χ4n) is 8.13. The van der Waals surface area contributed by atoms with E-state index in [1.165, 1.54) is 20.8 Å². The molecule has 35 heavy (non-hydrogen) atoms. The average molecular weight is 491 g/mol. The molecule has 2 bridgehead atoms. The van der Waals surface area contributed by atoms with Gasteiger partial charge >= 0.3 is 17.9 Å². The predicted molar refractivity (Wildman–Crippen MR) is 120 cm³/mol. The summed E-state index contributed by atoms with van der Waals surface area (Å²) in [5.74, 6) is -4.86. The number of ether oxygens (including phenoxy) is 3. The number of allylic oxidation sites excluding steroid dienone is 1. The minimum absolute atomic E-state index is 0.0447. The highest BCUT2D eigenvalue weighted by Gasteiger charge is 2.79. The van der Waals surface area contributed by atoms with Crippen LogP contribution in [-0.4, -0.2) is 59.0 Å². The molecule has 0 aromatic rings. The third-order valence-electron chi connectivity index (χ3n) is 9.18. The Balaban J connectivity index is 2.04. The lowest BCUT2D eigenvalue weighted by molar-refractivity contribution is -0.263. The van der Waals surface area contributed by atoms with Crippen molar-refractivity contribution >= 4 is 29.5 Å². The molecule has 0 aromatic carbocycles. The second-order valence-electron chi connectivity index (χ2n) is 11.5. The van der Waals surface area contributed by atoms with Crippen molar-refractivity contribution in [2.75, 3.05) is 0 Å². The van der Waals surface area contributed by atoms with Crippen LogP contribution in [0.15, 0.2) is 12.2 Å². The molecule has 1 N–H and O–H groups in total. The second kappa shape index (κ2) is 7.98. The lowest BCUT2D eigenvalue weighted by Crippen LogP contribution is -2.75. The van der Waals surface area contributed by atoms with E-state index in [1.54, 1.807) is 20.8 Å². The Morgan fingerprint density at radius 1 is 0.943 bits per heavy atom. The van der Waals surface area contributed by atoms with E-state index in [9.17, 15) is 29.1 Å². The van der Waals surface area contributed by atoms with Gasteiger partial charge in [0.05, 0.1) is 11.5 Å². The zero-order valence-corrected chi connectivity index (χ0v) is 21.1. The van der Waals surface area contributed by atoms with Gasteiger partial charge in [0.25, 0.3) is 0 Å².